The highest BCUT2D eigenvalue weighted by Gasteiger charge is 2.26. The van der Waals surface area contributed by atoms with Gasteiger partial charge in [0.15, 0.2) is 0 Å². The zero-order valence-electron chi connectivity index (χ0n) is 12.4. The van der Waals surface area contributed by atoms with E-state index < -0.39 is 6.03 Å². The van der Waals surface area contributed by atoms with Gasteiger partial charge in [0, 0.05) is 52.2 Å². The van der Waals surface area contributed by atoms with Gasteiger partial charge in [-0.25, -0.2) is 4.79 Å². The normalized spacial score (nSPS) is 21.9. The molecule has 2 aliphatic rings. The summed E-state index contributed by atoms with van der Waals surface area (Å²) in [6.07, 6.45) is 5.86. The van der Waals surface area contributed by atoms with Crippen molar-refractivity contribution in [3.63, 3.8) is 0 Å². The Kier molecular flexibility index (Phi) is 5.79. The molecule has 2 rings (SSSR count). The standard InChI is InChI=1S/C14H26N4O2/c1-15-14(20)16-13(19)6-7-17-8-10-18(11-9-17)12-4-2-3-5-12/h12H,2-11H2,1H3,(H2,15,16,19,20). The van der Waals surface area contributed by atoms with Crippen LogP contribution < -0.4 is 10.6 Å². The Bertz CT molecular complexity index is 334. The molecule has 3 amide bonds. The van der Waals surface area contributed by atoms with Crippen LogP contribution in [0.5, 0.6) is 0 Å². The summed E-state index contributed by atoms with van der Waals surface area (Å²) in [6, 6.07) is 0.370. The van der Waals surface area contributed by atoms with Gasteiger partial charge in [-0.3, -0.25) is 15.0 Å². The summed E-state index contributed by atoms with van der Waals surface area (Å²) >= 11 is 0. The van der Waals surface area contributed by atoms with Crippen LogP contribution in [0.25, 0.3) is 0 Å². The molecule has 0 atom stereocenters. The van der Waals surface area contributed by atoms with E-state index in [1.165, 1.54) is 32.7 Å². The van der Waals surface area contributed by atoms with Gasteiger partial charge >= 0.3 is 6.03 Å². The van der Waals surface area contributed by atoms with Crippen LogP contribution in [0.15, 0.2) is 0 Å². The molecule has 0 radical (unpaired) electrons. The van der Waals surface area contributed by atoms with E-state index in [2.05, 4.69) is 20.4 Å². The van der Waals surface area contributed by atoms with Gasteiger partial charge in [0.1, 0.15) is 0 Å². The Labute approximate surface area is 120 Å². The van der Waals surface area contributed by atoms with Crippen molar-refractivity contribution in [1.82, 2.24) is 20.4 Å². The van der Waals surface area contributed by atoms with Crippen LogP contribution in [0.3, 0.4) is 0 Å². The van der Waals surface area contributed by atoms with Gasteiger partial charge in [-0.15, -0.1) is 0 Å². The van der Waals surface area contributed by atoms with Crippen LogP contribution in [-0.4, -0.2) is 67.6 Å². The molecule has 0 aromatic heterocycles. The van der Waals surface area contributed by atoms with Gasteiger partial charge in [0.2, 0.25) is 5.91 Å². The molecule has 2 fully saturated rings. The minimum atomic E-state index is -0.430. The summed E-state index contributed by atoms with van der Waals surface area (Å²) in [4.78, 5) is 27.4. The summed E-state index contributed by atoms with van der Waals surface area (Å²) in [6.45, 7) is 5.03. The van der Waals surface area contributed by atoms with Crippen molar-refractivity contribution < 1.29 is 9.59 Å². The predicted molar refractivity (Wildman–Crippen MR) is 77.5 cm³/mol. The van der Waals surface area contributed by atoms with Crippen LogP contribution in [-0.2, 0) is 4.79 Å². The molecule has 1 saturated carbocycles. The Morgan fingerprint density at radius 2 is 1.75 bits per heavy atom. The van der Waals surface area contributed by atoms with E-state index >= 15 is 0 Å². The number of piperazine rings is 1. The molecule has 0 bridgehead atoms. The van der Waals surface area contributed by atoms with Crippen LogP contribution in [0.1, 0.15) is 32.1 Å². The van der Waals surface area contributed by atoms with E-state index in [1.807, 2.05) is 0 Å². The number of hydrogen-bond donors (Lipinski definition) is 2. The first-order valence-electron chi connectivity index (χ1n) is 7.67. The lowest BCUT2D eigenvalue weighted by Gasteiger charge is -2.38. The van der Waals surface area contributed by atoms with E-state index in [4.69, 9.17) is 0 Å². The third-order valence-corrected chi connectivity index (χ3v) is 4.38. The van der Waals surface area contributed by atoms with Crippen molar-refractivity contribution in [2.24, 2.45) is 0 Å². The van der Waals surface area contributed by atoms with Gasteiger partial charge in [-0.05, 0) is 12.8 Å². The molecule has 6 heteroatoms. The van der Waals surface area contributed by atoms with Gasteiger partial charge in [-0.2, -0.15) is 0 Å². The lowest BCUT2D eigenvalue weighted by molar-refractivity contribution is -0.120. The second kappa shape index (κ2) is 7.59. The molecule has 6 nitrogen and oxygen atoms in total. The van der Waals surface area contributed by atoms with Gasteiger partial charge in [-0.1, -0.05) is 12.8 Å². The molecule has 1 saturated heterocycles. The number of amides is 3. The Morgan fingerprint density at radius 1 is 1.10 bits per heavy atom. The van der Waals surface area contributed by atoms with Crippen LogP contribution in [0, 0.1) is 0 Å². The molecule has 114 valence electrons. The molecule has 1 aliphatic carbocycles. The van der Waals surface area contributed by atoms with Crippen molar-refractivity contribution in [2.75, 3.05) is 39.8 Å². The number of hydrogen-bond acceptors (Lipinski definition) is 4. The third kappa shape index (κ3) is 4.45. The SMILES string of the molecule is CNC(=O)NC(=O)CCN1CCN(C2CCCC2)CC1. The first-order valence-corrected chi connectivity index (χ1v) is 7.67. The molecule has 0 aromatic rings. The van der Waals surface area contributed by atoms with Crippen LogP contribution >= 0.6 is 0 Å². The molecule has 0 aromatic carbocycles. The smallest absolute Gasteiger partial charge is 0.321 e. The molecule has 1 aliphatic heterocycles. The maximum atomic E-state index is 11.5. The molecule has 0 spiro atoms. The van der Waals surface area contributed by atoms with Crippen molar-refractivity contribution in [1.29, 1.82) is 0 Å². The number of nitrogens with one attached hydrogen (secondary N) is 2. The molecule has 1 heterocycles. The average molecular weight is 282 g/mol. The van der Waals surface area contributed by atoms with Crippen LogP contribution in [0.2, 0.25) is 0 Å². The fraction of sp³-hybridized carbons (Fsp3) is 0.857. The Hall–Kier alpha value is -1.14. The summed E-state index contributed by atoms with van der Waals surface area (Å²) < 4.78 is 0. The molecular formula is C14H26N4O2. The molecular weight excluding hydrogens is 256 g/mol. The summed E-state index contributed by atoms with van der Waals surface area (Å²) in [5.74, 6) is -0.206. The zero-order chi connectivity index (χ0) is 14.4. The number of urea groups is 1. The van der Waals surface area contributed by atoms with E-state index in [1.54, 1.807) is 0 Å². The fourth-order valence-corrected chi connectivity index (χ4v) is 3.13. The zero-order valence-corrected chi connectivity index (χ0v) is 12.4. The minimum Gasteiger partial charge on any atom is -0.341 e. The second-order valence-electron chi connectivity index (χ2n) is 5.69. The van der Waals surface area contributed by atoms with Crippen molar-refractivity contribution >= 4 is 11.9 Å². The van der Waals surface area contributed by atoms with E-state index in [9.17, 15) is 9.59 Å². The topological polar surface area (TPSA) is 64.7 Å². The van der Waals surface area contributed by atoms with E-state index in [0.29, 0.717) is 6.42 Å². The average Bonchev–Trinajstić information content (AvgIpc) is 2.99. The number of nitrogens with zero attached hydrogens (tertiary/aromatic N) is 2. The molecule has 2 N–H and O–H groups in total. The molecule has 20 heavy (non-hydrogen) atoms. The van der Waals surface area contributed by atoms with Crippen molar-refractivity contribution in [3.05, 3.63) is 0 Å². The molecule has 0 unspecified atom stereocenters. The van der Waals surface area contributed by atoms with Gasteiger partial charge in [0.05, 0.1) is 0 Å². The predicted octanol–water partition coefficient (Wildman–Crippen LogP) is 0.392. The van der Waals surface area contributed by atoms with Gasteiger partial charge < -0.3 is 10.2 Å². The van der Waals surface area contributed by atoms with Crippen LogP contribution in [0.4, 0.5) is 4.79 Å². The van der Waals surface area contributed by atoms with Crippen molar-refractivity contribution in [3.8, 4) is 0 Å². The quantitative estimate of drug-likeness (QED) is 0.783. The second-order valence-corrected chi connectivity index (χ2v) is 5.69. The lowest BCUT2D eigenvalue weighted by Crippen LogP contribution is -2.50. The largest absolute Gasteiger partial charge is 0.341 e. The fourth-order valence-electron chi connectivity index (χ4n) is 3.13. The summed E-state index contributed by atoms with van der Waals surface area (Å²) in [5.41, 5.74) is 0. The minimum absolute atomic E-state index is 0.206. The van der Waals surface area contributed by atoms with Gasteiger partial charge in [0.25, 0.3) is 0 Å². The maximum absolute atomic E-state index is 11.5. The highest BCUT2D eigenvalue weighted by atomic mass is 16.2. The summed E-state index contributed by atoms with van der Waals surface area (Å²) in [5, 5.41) is 4.68. The first-order chi connectivity index (χ1) is 9.69. The highest BCUT2D eigenvalue weighted by Crippen LogP contribution is 2.24. The monoisotopic (exact) mass is 282 g/mol. The number of imide groups is 1. The highest BCUT2D eigenvalue weighted by molar-refractivity contribution is 5.94. The maximum Gasteiger partial charge on any atom is 0.321 e. The number of rotatable bonds is 4. The Balaban J connectivity index is 1.61. The lowest BCUT2D eigenvalue weighted by atomic mass is 10.2. The third-order valence-electron chi connectivity index (χ3n) is 4.38. The first kappa shape index (κ1) is 15.3. The van der Waals surface area contributed by atoms with Crippen molar-refractivity contribution in [2.45, 2.75) is 38.1 Å². The number of carbonyl (C=O) groups is 2. The Morgan fingerprint density at radius 3 is 2.35 bits per heavy atom. The van der Waals surface area contributed by atoms with E-state index in [0.717, 1.165) is 38.8 Å². The summed E-state index contributed by atoms with van der Waals surface area (Å²) in [7, 11) is 1.50. The number of carbonyl (C=O) groups excluding carboxylic acids is 2. The van der Waals surface area contributed by atoms with E-state index in [-0.39, 0.29) is 5.91 Å².